The molecule has 88 valence electrons. The highest BCUT2D eigenvalue weighted by molar-refractivity contribution is 5.95. The third-order valence-electron chi connectivity index (χ3n) is 3.16. The van der Waals surface area contributed by atoms with Crippen LogP contribution in [0.2, 0.25) is 0 Å². The first-order valence-corrected chi connectivity index (χ1v) is 5.92. The summed E-state index contributed by atoms with van der Waals surface area (Å²) in [6.45, 7) is 5.98. The fraction of sp³-hybridized carbons (Fsp3) is 0.667. The summed E-state index contributed by atoms with van der Waals surface area (Å²) >= 11 is 0. The number of carbonyl (C=O) groups excluding carboxylic acids is 1. The number of likely N-dealkylation sites (tertiary alicyclic amines) is 1. The normalized spacial score (nSPS) is 16.1. The summed E-state index contributed by atoms with van der Waals surface area (Å²) in [4.78, 5) is 14.2. The Hall–Kier alpha value is -1.32. The molecule has 4 heteroatoms. The van der Waals surface area contributed by atoms with E-state index in [4.69, 9.17) is 0 Å². The Bertz CT molecular complexity index is 389. The van der Waals surface area contributed by atoms with Gasteiger partial charge in [-0.3, -0.25) is 9.48 Å². The van der Waals surface area contributed by atoms with Gasteiger partial charge in [-0.2, -0.15) is 5.10 Å². The molecule has 1 aromatic rings. The summed E-state index contributed by atoms with van der Waals surface area (Å²) in [7, 11) is 1.90. The highest BCUT2D eigenvalue weighted by Crippen LogP contribution is 2.21. The van der Waals surface area contributed by atoms with Crippen LogP contribution in [0.4, 0.5) is 0 Å². The van der Waals surface area contributed by atoms with Crippen LogP contribution in [0.3, 0.4) is 0 Å². The quantitative estimate of drug-likeness (QED) is 0.763. The summed E-state index contributed by atoms with van der Waals surface area (Å²) in [6.07, 6.45) is 3.96. The van der Waals surface area contributed by atoms with Gasteiger partial charge >= 0.3 is 0 Å². The van der Waals surface area contributed by atoms with E-state index in [-0.39, 0.29) is 5.91 Å². The van der Waals surface area contributed by atoms with Crippen molar-refractivity contribution < 1.29 is 4.79 Å². The number of aromatic nitrogens is 2. The molecule has 0 aliphatic carbocycles. The maximum Gasteiger partial charge on any atom is 0.257 e. The van der Waals surface area contributed by atoms with Crippen LogP contribution in [0.25, 0.3) is 0 Å². The number of hydrogen-bond donors (Lipinski definition) is 0. The largest absolute Gasteiger partial charge is 0.339 e. The van der Waals surface area contributed by atoms with Crippen LogP contribution >= 0.6 is 0 Å². The van der Waals surface area contributed by atoms with E-state index in [9.17, 15) is 4.79 Å². The molecule has 1 aliphatic rings. The van der Waals surface area contributed by atoms with Crippen molar-refractivity contribution in [3.63, 3.8) is 0 Å². The average Bonchev–Trinajstić information content (AvgIpc) is 2.84. The maximum atomic E-state index is 12.3. The lowest BCUT2D eigenvalue weighted by atomic mass is 10.1. The second kappa shape index (κ2) is 4.28. The zero-order valence-electron chi connectivity index (χ0n) is 10.2. The van der Waals surface area contributed by atoms with Crippen LogP contribution in [0.5, 0.6) is 0 Å². The van der Waals surface area contributed by atoms with Crippen molar-refractivity contribution in [3.05, 3.63) is 17.5 Å². The molecule has 0 unspecified atom stereocenters. The van der Waals surface area contributed by atoms with E-state index in [1.807, 2.05) is 16.6 Å². The molecule has 0 N–H and O–H groups in total. The average molecular weight is 221 g/mol. The van der Waals surface area contributed by atoms with Gasteiger partial charge in [0.25, 0.3) is 5.91 Å². The van der Waals surface area contributed by atoms with Crippen LogP contribution in [0.15, 0.2) is 6.20 Å². The van der Waals surface area contributed by atoms with E-state index in [2.05, 4.69) is 18.9 Å². The monoisotopic (exact) mass is 221 g/mol. The Kier molecular flexibility index (Phi) is 2.99. The predicted molar refractivity (Wildman–Crippen MR) is 62.4 cm³/mol. The molecule has 0 atom stereocenters. The van der Waals surface area contributed by atoms with Gasteiger partial charge in [0, 0.05) is 20.1 Å². The lowest BCUT2D eigenvalue weighted by Gasteiger charge is -2.16. The van der Waals surface area contributed by atoms with Crippen molar-refractivity contribution in [2.24, 2.45) is 7.05 Å². The first-order chi connectivity index (χ1) is 7.61. The molecular formula is C12H19N3O. The van der Waals surface area contributed by atoms with Gasteiger partial charge in [-0.15, -0.1) is 0 Å². The molecule has 4 nitrogen and oxygen atoms in total. The van der Waals surface area contributed by atoms with Gasteiger partial charge in [-0.05, 0) is 18.8 Å². The van der Waals surface area contributed by atoms with Crippen molar-refractivity contribution in [3.8, 4) is 0 Å². The van der Waals surface area contributed by atoms with Crippen molar-refractivity contribution in [2.45, 2.75) is 32.6 Å². The number of nitrogens with zero attached hydrogens (tertiary/aromatic N) is 3. The lowest BCUT2D eigenvalue weighted by molar-refractivity contribution is 0.0791. The number of amides is 1. The van der Waals surface area contributed by atoms with Gasteiger partial charge in [-0.1, -0.05) is 13.8 Å². The standard InChI is InChI=1S/C12H19N3O/c1-9(2)11-10(8-13-14(11)3)12(16)15-6-4-5-7-15/h8-9H,4-7H2,1-3H3. The van der Waals surface area contributed by atoms with Gasteiger partial charge in [0.2, 0.25) is 0 Å². The molecule has 1 amide bonds. The Morgan fingerprint density at radius 2 is 2.00 bits per heavy atom. The minimum Gasteiger partial charge on any atom is -0.339 e. The molecule has 0 radical (unpaired) electrons. The van der Waals surface area contributed by atoms with Crippen LogP contribution in [-0.2, 0) is 7.05 Å². The fourth-order valence-electron chi connectivity index (χ4n) is 2.39. The van der Waals surface area contributed by atoms with E-state index < -0.39 is 0 Å². The number of carbonyl (C=O) groups is 1. The molecule has 0 bridgehead atoms. The van der Waals surface area contributed by atoms with E-state index in [0.717, 1.165) is 37.2 Å². The smallest absolute Gasteiger partial charge is 0.257 e. The van der Waals surface area contributed by atoms with Gasteiger partial charge in [0.15, 0.2) is 0 Å². The summed E-state index contributed by atoms with van der Waals surface area (Å²) in [5.41, 5.74) is 1.82. The van der Waals surface area contributed by atoms with Crippen LogP contribution in [0, 0.1) is 0 Å². The molecule has 1 saturated heterocycles. The minimum atomic E-state index is 0.148. The minimum absolute atomic E-state index is 0.148. The van der Waals surface area contributed by atoms with E-state index in [1.165, 1.54) is 0 Å². The Morgan fingerprint density at radius 1 is 1.38 bits per heavy atom. The van der Waals surface area contributed by atoms with Crippen molar-refractivity contribution >= 4 is 5.91 Å². The van der Waals surface area contributed by atoms with Crippen molar-refractivity contribution in [2.75, 3.05) is 13.1 Å². The highest BCUT2D eigenvalue weighted by Gasteiger charge is 2.24. The maximum absolute atomic E-state index is 12.3. The van der Waals surface area contributed by atoms with Crippen molar-refractivity contribution in [1.29, 1.82) is 0 Å². The second-order valence-electron chi connectivity index (χ2n) is 4.72. The predicted octanol–water partition coefficient (Wildman–Crippen LogP) is 1.78. The first kappa shape index (κ1) is 11.2. The number of rotatable bonds is 2. The number of hydrogen-bond acceptors (Lipinski definition) is 2. The van der Waals surface area contributed by atoms with Gasteiger partial charge in [-0.25, -0.2) is 0 Å². The summed E-state index contributed by atoms with van der Waals surface area (Å²) in [5.74, 6) is 0.475. The lowest BCUT2D eigenvalue weighted by Crippen LogP contribution is -2.28. The molecule has 0 spiro atoms. The third kappa shape index (κ3) is 1.84. The van der Waals surface area contributed by atoms with E-state index in [0.29, 0.717) is 5.92 Å². The number of aryl methyl sites for hydroxylation is 1. The summed E-state index contributed by atoms with van der Waals surface area (Å²) < 4.78 is 1.81. The van der Waals surface area contributed by atoms with E-state index in [1.54, 1.807) is 6.20 Å². The van der Waals surface area contributed by atoms with Gasteiger partial charge in [0.05, 0.1) is 17.5 Å². The summed E-state index contributed by atoms with van der Waals surface area (Å²) in [5, 5.41) is 4.20. The second-order valence-corrected chi connectivity index (χ2v) is 4.72. The molecule has 2 heterocycles. The molecule has 1 aliphatic heterocycles. The Morgan fingerprint density at radius 3 is 2.56 bits per heavy atom. The molecule has 16 heavy (non-hydrogen) atoms. The van der Waals surface area contributed by atoms with Crippen LogP contribution < -0.4 is 0 Å². The Balaban J connectivity index is 2.29. The Labute approximate surface area is 96.2 Å². The van der Waals surface area contributed by atoms with Crippen LogP contribution in [-0.4, -0.2) is 33.7 Å². The van der Waals surface area contributed by atoms with Crippen molar-refractivity contribution in [1.82, 2.24) is 14.7 Å². The molecule has 1 fully saturated rings. The zero-order valence-corrected chi connectivity index (χ0v) is 10.2. The zero-order chi connectivity index (χ0) is 11.7. The molecular weight excluding hydrogens is 202 g/mol. The SMILES string of the molecule is CC(C)c1c(C(=O)N2CCCC2)cnn1C. The fourth-order valence-corrected chi connectivity index (χ4v) is 2.39. The molecule has 0 aromatic carbocycles. The van der Waals surface area contributed by atoms with Gasteiger partial charge in [0.1, 0.15) is 0 Å². The highest BCUT2D eigenvalue weighted by atomic mass is 16.2. The molecule has 0 saturated carbocycles. The van der Waals surface area contributed by atoms with Crippen LogP contribution in [0.1, 0.15) is 48.7 Å². The third-order valence-corrected chi connectivity index (χ3v) is 3.16. The topological polar surface area (TPSA) is 38.1 Å². The first-order valence-electron chi connectivity index (χ1n) is 5.92. The molecule has 1 aromatic heterocycles. The van der Waals surface area contributed by atoms with E-state index >= 15 is 0 Å². The molecule has 2 rings (SSSR count). The van der Waals surface area contributed by atoms with Gasteiger partial charge < -0.3 is 4.90 Å². The summed E-state index contributed by atoms with van der Waals surface area (Å²) in [6, 6.07) is 0.